The third kappa shape index (κ3) is 6.83. The lowest BCUT2D eigenvalue weighted by atomic mass is 9.65. The number of hydrogen-bond acceptors (Lipinski definition) is 4. The Balaban J connectivity index is 0.000000162. The van der Waals surface area contributed by atoms with Crippen LogP contribution in [0.5, 0.6) is 23.0 Å². The molecule has 4 heteroatoms. The molecule has 0 fully saturated rings. The molecule has 8 rings (SSSR count). The molecule has 0 saturated carbocycles. The molecule has 52 heavy (non-hydrogen) atoms. The third-order valence-corrected chi connectivity index (χ3v) is 9.60. The molecule has 4 nitrogen and oxygen atoms in total. The van der Waals surface area contributed by atoms with E-state index in [1.54, 1.807) is 48.5 Å². The monoisotopic (exact) mass is 678 g/mol. The summed E-state index contributed by atoms with van der Waals surface area (Å²) in [6.07, 6.45) is 0. The zero-order valence-corrected chi connectivity index (χ0v) is 28.4. The number of aromatic hydroxyl groups is 4. The molecule has 0 atom stereocenters. The van der Waals surface area contributed by atoms with Crippen molar-refractivity contribution in [2.24, 2.45) is 0 Å². The van der Waals surface area contributed by atoms with Gasteiger partial charge in [0.25, 0.3) is 0 Å². The van der Waals surface area contributed by atoms with Gasteiger partial charge >= 0.3 is 0 Å². The summed E-state index contributed by atoms with van der Waals surface area (Å²) in [6, 6.07) is 64.7. The van der Waals surface area contributed by atoms with Crippen LogP contribution in [0.3, 0.4) is 0 Å². The zero-order valence-electron chi connectivity index (χ0n) is 28.4. The fraction of sp³-hybridized carbons (Fsp3) is 0.0417. The Morgan fingerprint density at radius 1 is 0.308 bits per heavy atom. The van der Waals surface area contributed by atoms with E-state index in [0.717, 1.165) is 33.4 Å². The van der Waals surface area contributed by atoms with Crippen LogP contribution in [0.15, 0.2) is 200 Å². The van der Waals surface area contributed by atoms with Crippen molar-refractivity contribution in [2.45, 2.75) is 11.3 Å². The van der Waals surface area contributed by atoms with Crippen LogP contribution < -0.4 is 0 Å². The molecule has 0 aliphatic rings. The summed E-state index contributed by atoms with van der Waals surface area (Å²) >= 11 is 0. The lowest BCUT2D eigenvalue weighted by Crippen LogP contribution is -2.30. The highest BCUT2D eigenvalue weighted by Gasteiger charge is 2.38. The van der Waals surface area contributed by atoms with Crippen molar-refractivity contribution in [3.05, 3.63) is 239 Å². The second-order valence-corrected chi connectivity index (χ2v) is 12.8. The molecule has 4 N–H and O–H groups in total. The van der Waals surface area contributed by atoms with Crippen molar-refractivity contribution in [2.75, 3.05) is 0 Å². The number of phenols is 4. The predicted octanol–water partition coefficient (Wildman–Crippen LogP) is 10.9. The van der Waals surface area contributed by atoms with Crippen LogP contribution in [0, 0.1) is 0 Å². The van der Waals surface area contributed by atoms with Gasteiger partial charge in [0.05, 0.1) is 5.41 Å². The van der Waals surface area contributed by atoms with E-state index in [1.165, 1.54) is 16.3 Å². The second kappa shape index (κ2) is 15.0. The maximum atomic E-state index is 9.84. The molecule has 0 saturated heterocycles. The van der Waals surface area contributed by atoms with Gasteiger partial charge < -0.3 is 20.4 Å². The molecular weight excluding hydrogens is 641 g/mol. The quantitative estimate of drug-likeness (QED) is 0.127. The van der Waals surface area contributed by atoms with Crippen molar-refractivity contribution in [3.8, 4) is 23.0 Å². The number of benzene rings is 8. The largest absolute Gasteiger partial charge is 0.508 e. The number of rotatable bonds is 7. The van der Waals surface area contributed by atoms with Gasteiger partial charge in [0, 0.05) is 5.92 Å². The van der Waals surface area contributed by atoms with E-state index < -0.39 is 5.41 Å². The fourth-order valence-electron chi connectivity index (χ4n) is 7.19. The van der Waals surface area contributed by atoms with Gasteiger partial charge in [-0.3, -0.25) is 0 Å². The van der Waals surface area contributed by atoms with E-state index in [-0.39, 0.29) is 28.9 Å². The van der Waals surface area contributed by atoms with E-state index in [9.17, 15) is 20.4 Å². The van der Waals surface area contributed by atoms with Crippen LogP contribution in [0.4, 0.5) is 0 Å². The first kappa shape index (κ1) is 33.7. The molecule has 0 bridgehead atoms. The van der Waals surface area contributed by atoms with Crippen LogP contribution in [-0.2, 0) is 5.41 Å². The maximum absolute atomic E-state index is 9.84. The minimum Gasteiger partial charge on any atom is -0.508 e. The molecule has 0 unspecified atom stereocenters. The van der Waals surface area contributed by atoms with Gasteiger partial charge in [-0.25, -0.2) is 0 Å². The van der Waals surface area contributed by atoms with E-state index in [4.69, 9.17) is 0 Å². The molecule has 254 valence electrons. The lowest BCUT2D eigenvalue weighted by Gasteiger charge is -2.36. The number of fused-ring (bicyclic) bond motifs is 1. The van der Waals surface area contributed by atoms with Gasteiger partial charge in [0.2, 0.25) is 0 Å². The van der Waals surface area contributed by atoms with Crippen LogP contribution >= 0.6 is 0 Å². The van der Waals surface area contributed by atoms with Crippen molar-refractivity contribution in [1.29, 1.82) is 0 Å². The molecule has 0 heterocycles. The molecular formula is C48H38O4. The van der Waals surface area contributed by atoms with E-state index in [0.29, 0.717) is 0 Å². The molecule has 0 spiro atoms. The number of phenolic OH excluding ortho intramolecular Hbond substituents is 4. The average Bonchev–Trinajstić information content (AvgIpc) is 3.19. The van der Waals surface area contributed by atoms with Crippen LogP contribution in [0.25, 0.3) is 10.8 Å². The fourth-order valence-corrected chi connectivity index (χ4v) is 7.19. The SMILES string of the molecule is Oc1ccc(C(c2ccc(O)cc2)c2cccc3ccccc23)cc1.Oc1ccc(C(c2ccccc2)(c2ccccc2)c2ccc(O)cc2)cc1. The molecule has 0 radical (unpaired) electrons. The van der Waals surface area contributed by atoms with Crippen molar-refractivity contribution in [1.82, 2.24) is 0 Å². The predicted molar refractivity (Wildman–Crippen MR) is 209 cm³/mol. The zero-order chi connectivity index (χ0) is 35.9. The molecule has 0 aliphatic heterocycles. The Morgan fingerprint density at radius 2 is 0.654 bits per heavy atom. The summed E-state index contributed by atoms with van der Waals surface area (Å²) in [5.74, 6) is 1.00. The third-order valence-electron chi connectivity index (χ3n) is 9.60. The van der Waals surface area contributed by atoms with Gasteiger partial charge in [-0.1, -0.05) is 152 Å². The molecule has 0 amide bonds. The Morgan fingerprint density at radius 3 is 1.10 bits per heavy atom. The molecule has 0 aliphatic carbocycles. The Hall–Kier alpha value is -6.78. The molecule has 8 aromatic carbocycles. The van der Waals surface area contributed by atoms with Gasteiger partial charge in [0.15, 0.2) is 0 Å². The van der Waals surface area contributed by atoms with Crippen molar-refractivity contribution in [3.63, 3.8) is 0 Å². The topological polar surface area (TPSA) is 80.9 Å². The molecule has 0 aromatic heterocycles. The standard InChI is InChI=1S/C25H20O2.C23H18O2/c26-23-15-11-21(12-16-23)25(19-7-3-1-4-8-19,20-9-5-2-6-10-20)22-13-17-24(27)18-14-22;24-19-12-8-17(9-13-19)23(18-10-14-20(25)15-11-18)22-7-3-5-16-4-1-2-6-21(16)22/h1-18,26-27H;1-15,23-25H. The Bertz CT molecular complexity index is 2210. The average molecular weight is 679 g/mol. The minimum atomic E-state index is -0.566. The smallest absolute Gasteiger partial charge is 0.115 e. The maximum Gasteiger partial charge on any atom is 0.115 e. The van der Waals surface area contributed by atoms with Gasteiger partial charge in [-0.15, -0.1) is 0 Å². The summed E-state index contributed by atoms with van der Waals surface area (Å²) in [4.78, 5) is 0. The first-order valence-electron chi connectivity index (χ1n) is 17.2. The van der Waals surface area contributed by atoms with E-state index in [2.05, 4.69) is 60.7 Å². The van der Waals surface area contributed by atoms with Crippen molar-refractivity contribution >= 4 is 10.8 Å². The van der Waals surface area contributed by atoms with Crippen molar-refractivity contribution < 1.29 is 20.4 Å². The first-order valence-corrected chi connectivity index (χ1v) is 17.2. The van der Waals surface area contributed by atoms with Crippen LogP contribution in [-0.4, -0.2) is 20.4 Å². The van der Waals surface area contributed by atoms with Gasteiger partial charge in [-0.05, 0) is 98.2 Å². The Kier molecular flexibility index (Phi) is 9.72. The van der Waals surface area contributed by atoms with Gasteiger partial charge in [0.1, 0.15) is 23.0 Å². The van der Waals surface area contributed by atoms with Crippen LogP contribution in [0.2, 0.25) is 0 Å². The Labute approximate surface area is 303 Å². The highest BCUT2D eigenvalue weighted by atomic mass is 16.3. The van der Waals surface area contributed by atoms with Gasteiger partial charge in [-0.2, -0.15) is 0 Å². The number of hydrogen-bond donors (Lipinski definition) is 4. The first-order chi connectivity index (χ1) is 25.4. The summed E-state index contributed by atoms with van der Waals surface area (Å²) in [5, 5.41) is 41.4. The minimum absolute atomic E-state index is 0.0206. The van der Waals surface area contributed by atoms with E-state index >= 15 is 0 Å². The summed E-state index contributed by atoms with van der Waals surface area (Å²) in [5.41, 5.74) is 7.16. The second-order valence-electron chi connectivity index (χ2n) is 12.8. The van der Waals surface area contributed by atoms with E-state index in [1.807, 2.05) is 91.0 Å². The summed E-state index contributed by atoms with van der Waals surface area (Å²) in [6.45, 7) is 0. The van der Waals surface area contributed by atoms with Crippen LogP contribution in [0.1, 0.15) is 44.9 Å². The normalized spacial score (nSPS) is 11.2. The summed E-state index contributed by atoms with van der Waals surface area (Å²) < 4.78 is 0. The highest BCUT2D eigenvalue weighted by Crippen LogP contribution is 2.45. The highest BCUT2D eigenvalue weighted by molar-refractivity contribution is 5.87. The lowest BCUT2D eigenvalue weighted by molar-refractivity contribution is 0.474. The molecule has 8 aromatic rings. The summed E-state index contributed by atoms with van der Waals surface area (Å²) in [7, 11) is 0.